The Morgan fingerprint density at radius 2 is 1.87 bits per heavy atom. The SMILES string of the molecule is CCOc1ccccc1OC1CCCN(c2cncc(NC(=O)COc3ccc(C(C)C(=O)O)cc3)n2)C1. The minimum atomic E-state index is -0.902. The number of amides is 1. The molecule has 1 aromatic heterocycles. The number of rotatable bonds is 11. The molecule has 2 atom stereocenters. The van der Waals surface area contributed by atoms with Crippen LogP contribution in [0.4, 0.5) is 11.6 Å². The van der Waals surface area contributed by atoms with E-state index in [4.69, 9.17) is 19.3 Å². The fourth-order valence-electron chi connectivity index (χ4n) is 4.14. The number of hydrogen-bond acceptors (Lipinski definition) is 8. The molecule has 1 amide bonds. The molecule has 0 aliphatic carbocycles. The number of aliphatic carboxylic acids is 1. The first-order valence-corrected chi connectivity index (χ1v) is 12.6. The Kier molecular flexibility index (Phi) is 8.97. The number of nitrogens with one attached hydrogen (secondary N) is 1. The number of piperidine rings is 1. The van der Waals surface area contributed by atoms with Crippen LogP contribution in [0.1, 0.15) is 38.2 Å². The molecular weight excluding hydrogens is 488 g/mol. The quantitative estimate of drug-likeness (QED) is 0.384. The Morgan fingerprint density at radius 3 is 2.61 bits per heavy atom. The van der Waals surface area contributed by atoms with Gasteiger partial charge in [-0.05, 0) is 56.5 Å². The minimum Gasteiger partial charge on any atom is -0.490 e. The Morgan fingerprint density at radius 1 is 1.11 bits per heavy atom. The van der Waals surface area contributed by atoms with E-state index in [1.54, 1.807) is 37.4 Å². The molecule has 1 aliphatic heterocycles. The van der Waals surface area contributed by atoms with Crippen molar-refractivity contribution in [3.63, 3.8) is 0 Å². The van der Waals surface area contributed by atoms with Crippen molar-refractivity contribution >= 4 is 23.5 Å². The van der Waals surface area contributed by atoms with E-state index in [-0.39, 0.29) is 18.6 Å². The molecule has 10 nitrogen and oxygen atoms in total. The maximum atomic E-state index is 12.5. The van der Waals surface area contributed by atoms with Gasteiger partial charge in [-0.1, -0.05) is 24.3 Å². The first-order chi connectivity index (χ1) is 18.4. The van der Waals surface area contributed by atoms with E-state index < -0.39 is 11.9 Å². The minimum absolute atomic E-state index is 0.0383. The van der Waals surface area contributed by atoms with Crippen molar-refractivity contribution in [1.29, 1.82) is 0 Å². The number of carbonyl (C=O) groups is 2. The maximum absolute atomic E-state index is 12.5. The summed E-state index contributed by atoms with van der Waals surface area (Å²) in [6.45, 7) is 5.33. The molecule has 10 heteroatoms. The molecule has 1 saturated heterocycles. The molecular formula is C28H32N4O6. The van der Waals surface area contributed by atoms with Crippen LogP contribution >= 0.6 is 0 Å². The van der Waals surface area contributed by atoms with Crippen LogP contribution < -0.4 is 24.4 Å². The number of benzene rings is 2. The van der Waals surface area contributed by atoms with Gasteiger partial charge in [-0.25, -0.2) is 4.98 Å². The lowest BCUT2D eigenvalue weighted by molar-refractivity contribution is -0.138. The smallest absolute Gasteiger partial charge is 0.310 e. The van der Waals surface area contributed by atoms with E-state index in [9.17, 15) is 9.59 Å². The highest BCUT2D eigenvalue weighted by Crippen LogP contribution is 2.30. The number of nitrogens with zero attached hydrogens (tertiary/aromatic N) is 3. The second-order valence-corrected chi connectivity index (χ2v) is 8.94. The van der Waals surface area contributed by atoms with Crippen LogP contribution in [0.15, 0.2) is 60.9 Å². The van der Waals surface area contributed by atoms with Gasteiger partial charge < -0.3 is 29.5 Å². The van der Waals surface area contributed by atoms with Crippen molar-refractivity contribution < 1.29 is 28.9 Å². The van der Waals surface area contributed by atoms with Crippen molar-refractivity contribution in [2.24, 2.45) is 0 Å². The summed E-state index contributed by atoms with van der Waals surface area (Å²) >= 11 is 0. The number of ether oxygens (including phenoxy) is 3. The zero-order chi connectivity index (χ0) is 26.9. The van der Waals surface area contributed by atoms with E-state index in [2.05, 4.69) is 20.2 Å². The molecule has 2 N–H and O–H groups in total. The number of carbonyl (C=O) groups excluding carboxylic acids is 1. The average Bonchev–Trinajstić information content (AvgIpc) is 2.93. The van der Waals surface area contributed by atoms with Crippen LogP contribution in [0.5, 0.6) is 17.2 Å². The fourth-order valence-corrected chi connectivity index (χ4v) is 4.14. The van der Waals surface area contributed by atoms with Crippen molar-refractivity contribution in [3.8, 4) is 17.2 Å². The standard InChI is InChI=1S/C28H32N4O6/c1-3-36-23-8-4-5-9-24(23)38-22-7-6-14-32(17-22)26-16-29-15-25(30-26)31-27(33)18-37-21-12-10-20(11-13-21)19(2)28(34)35/h4-5,8-13,15-16,19,22H,3,6-7,14,17-18H2,1-2H3,(H,34,35)(H,30,31,33). The summed E-state index contributed by atoms with van der Waals surface area (Å²) in [6.07, 6.45) is 4.96. The Labute approximate surface area is 221 Å². The molecule has 1 aliphatic rings. The summed E-state index contributed by atoms with van der Waals surface area (Å²) in [4.78, 5) is 34.5. The van der Waals surface area contributed by atoms with E-state index in [1.165, 1.54) is 6.20 Å². The van der Waals surface area contributed by atoms with Crippen molar-refractivity contribution in [2.45, 2.75) is 38.7 Å². The van der Waals surface area contributed by atoms with Gasteiger partial charge in [-0.3, -0.25) is 14.6 Å². The number of anilines is 2. The molecule has 200 valence electrons. The molecule has 4 rings (SSSR count). The molecule has 2 aromatic carbocycles. The van der Waals surface area contributed by atoms with Crippen LogP contribution in [0.3, 0.4) is 0 Å². The number of aromatic nitrogens is 2. The molecule has 0 radical (unpaired) electrons. The van der Waals surface area contributed by atoms with Crippen molar-refractivity contribution in [1.82, 2.24) is 9.97 Å². The largest absolute Gasteiger partial charge is 0.490 e. The normalized spacial score (nSPS) is 15.8. The second-order valence-electron chi connectivity index (χ2n) is 8.94. The molecule has 38 heavy (non-hydrogen) atoms. The highest BCUT2D eigenvalue weighted by atomic mass is 16.5. The van der Waals surface area contributed by atoms with E-state index in [0.29, 0.717) is 36.1 Å². The monoisotopic (exact) mass is 520 g/mol. The Bertz CT molecular complexity index is 1240. The topological polar surface area (TPSA) is 123 Å². The molecule has 0 spiro atoms. The molecule has 3 aromatic rings. The predicted molar refractivity (Wildman–Crippen MR) is 142 cm³/mol. The number of carboxylic acid groups (broad SMARTS) is 1. The van der Waals surface area contributed by atoms with E-state index in [1.807, 2.05) is 31.2 Å². The van der Waals surface area contributed by atoms with Crippen LogP contribution in [0, 0.1) is 0 Å². The lowest BCUT2D eigenvalue weighted by Crippen LogP contribution is -2.41. The number of hydrogen-bond donors (Lipinski definition) is 2. The summed E-state index contributed by atoms with van der Waals surface area (Å²) in [7, 11) is 0. The van der Waals surface area contributed by atoms with Crippen molar-refractivity contribution in [2.75, 3.05) is 36.5 Å². The van der Waals surface area contributed by atoms with Gasteiger partial charge in [-0.15, -0.1) is 0 Å². The van der Waals surface area contributed by atoms with Gasteiger partial charge in [0.1, 0.15) is 17.7 Å². The second kappa shape index (κ2) is 12.8. The van der Waals surface area contributed by atoms with Crippen molar-refractivity contribution in [3.05, 3.63) is 66.5 Å². The van der Waals surface area contributed by atoms with Gasteiger partial charge in [0, 0.05) is 6.54 Å². The summed E-state index contributed by atoms with van der Waals surface area (Å²) < 4.78 is 17.5. The van der Waals surface area contributed by atoms with Crippen LogP contribution in [0.2, 0.25) is 0 Å². The van der Waals surface area contributed by atoms with Gasteiger partial charge in [0.05, 0.1) is 31.5 Å². The van der Waals surface area contributed by atoms with E-state index in [0.717, 1.165) is 30.9 Å². The fraction of sp³-hybridized carbons (Fsp3) is 0.357. The number of carboxylic acids is 1. The third-order valence-electron chi connectivity index (χ3n) is 6.15. The van der Waals surface area contributed by atoms with Gasteiger partial charge in [-0.2, -0.15) is 0 Å². The molecule has 1 fully saturated rings. The Balaban J connectivity index is 1.31. The summed E-state index contributed by atoms with van der Waals surface area (Å²) in [6, 6.07) is 14.3. The first-order valence-electron chi connectivity index (χ1n) is 12.6. The summed E-state index contributed by atoms with van der Waals surface area (Å²) in [5, 5.41) is 11.8. The molecule has 2 unspecified atom stereocenters. The van der Waals surface area contributed by atoms with Gasteiger partial charge in [0.25, 0.3) is 5.91 Å². The summed E-state index contributed by atoms with van der Waals surface area (Å²) in [5.74, 6) is 0.985. The highest BCUT2D eigenvalue weighted by molar-refractivity contribution is 5.91. The summed E-state index contributed by atoms with van der Waals surface area (Å²) in [5.41, 5.74) is 0.658. The van der Waals surface area contributed by atoms with Crippen LogP contribution in [-0.4, -0.2) is 59.4 Å². The van der Waals surface area contributed by atoms with Crippen LogP contribution in [0.25, 0.3) is 0 Å². The highest BCUT2D eigenvalue weighted by Gasteiger charge is 2.24. The van der Waals surface area contributed by atoms with Crippen LogP contribution in [-0.2, 0) is 9.59 Å². The van der Waals surface area contributed by atoms with Gasteiger partial charge in [0.15, 0.2) is 23.9 Å². The Hall–Kier alpha value is -4.34. The lowest BCUT2D eigenvalue weighted by atomic mass is 10.0. The average molecular weight is 521 g/mol. The van der Waals surface area contributed by atoms with E-state index >= 15 is 0 Å². The number of para-hydroxylation sites is 2. The predicted octanol–water partition coefficient (Wildman–Crippen LogP) is 4.13. The lowest BCUT2D eigenvalue weighted by Gasteiger charge is -2.33. The van der Waals surface area contributed by atoms with Gasteiger partial charge >= 0.3 is 5.97 Å². The molecule has 0 saturated carbocycles. The first kappa shape index (κ1) is 26.7. The zero-order valence-corrected chi connectivity index (χ0v) is 21.5. The maximum Gasteiger partial charge on any atom is 0.310 e. The zero-order valence-electron chi connectivity index (χ0n) is 21.5. The van der Waals surface area contributed by atoms with Gasteiger partial charge in [0.2, 0.25) is 0 Å². The third-order valence-corrected chi connectivity index (χ3v) is 6.15. The third kappa shape index (κ3) is 7.12. The molecule has 2 heterocycles. The molecule has 0 bridgehead atoms.